The van der Waals surface area contributed by atoms with Gasteiger partial charge in [0.2, 0.25) is 10.0 Å². The molecule has 0 amide bonds. The zero-order chi connectivity index (χ0) is 15.8. The van der Waals surface area contributed by atoms with Crippen LogP contribution in [0.25, 0.3) is 0 Å². The molecule has 1 heterocycles. The van der Waals surface area contributed by atoms with E-state index in [-0.39, 0.29) is 11.7 Å². The second-order valence-corrected chi connectivity index (χ2v) is 7.43. The first-order valence-electron chi connectivity index (χ1n) is 6.36. The molecule has 7 nitrogen and oxygen atoms in total. The van der Waals surface area contributed by atoms with Gasteiger partial charge in [-0.3, -0.25) is 10.1 Å². The van der Waals surface area contributed by atoms with Crippen molar-refractivity contribution in [1.82, 2.24) is 4.31 Å². The Kier molecular flexibility index (Phi) is 4.40. The number of halogens is 1. The summed E-state index contributed by atoms with van der Waals surface area (Å²) in [5, 5.41) is 11.4. The predicted molar refractivity (Wildman–Crippen MR) is 81.3 cm³/mol. The van der Waals surface area contributed by atoms with E-state index in [1.165, 1.54) is 16.6 Å². The number of hydrogen-bond donors (Lipinski definition) is 0. The maximum atomic E-state index is 11.6. The smallest absolute Gasteiger partial charge is 0.294 e. The van der Waals surface area contributed by atoms with E-state index in [0.717, 1.165) is 0 Å². The normalized spacial score (nSPS) is 20.5. The third-order valence-corrected chi connectivity index (χ3v) is 5.10. The van der Waals surface area contributed by atoms with Crippen LogP contribution in [0.4, 0.5) is 11.4 Å². The highest BCUT2D eigenvalue weighted by Crippen LogP contribution is 2.32. The van der Waals surface area contributed by atoms with E-state index >= 15 is 0 Å². The molecule has 1 aromatic carbocycles. The molecular weight excluding hydrogens is 318 g/mol. The molecule has 0 unspecified atom stereocenters. The van der Waals surface area contributed by atoms with E-state index in [1.54, 1.807) is 19.1 Å². The Labute approximate surface area is 128 Å². The summed E-state index contributed by atoms with van der Waals surface area (Å²) < 4.78 is 24.7. The van der Waals surface area contributed by atoms with E-state index in [0.29, 0.717) is 30.3 Å². The topological polar surface area (TPSA) is 83.8 Å². The van der Waals surface area contributed by atoms with Crippen molar-refractivity contribution < 1.29 is 13.3 Å². The Morgan fingerprint density at radius 2 is 2.05 bits per heavy atom. The summed E-state index contributed by atoms with van der Waals surface area (Å²) in [6, 6.07) is 4.26. The van der Waals surface area contributed by atoms with Crippen LogP contribution in [-0.2, 0) is 10.0 Å². The monoisotopic (exact) mass is 333 g/mol. The molecule has 116 valence electrons. The van der Waals surface area contributed by atoms with Gasteiger partial charge in [-0.25, -0.2) is 8.42 Å². The Bertz CT molecular complexity index is 664. The molecule has 9 heteroatoms. The minimum atomic E-state index is -3.26. The molecule has 1 atom stereocenters. The standard InChI is InChI=1S/C12H16ClN3O4S/c1-9-8-14(5-6-15(9)21(2,19)20)11-4-3-10(13)7-12(11)16(17)18/h3-4,7,9H,5-6,8H2,1-2H3/t9-/m1/s1. The summed E-state index contributed by atoms with van der Waals surface area (Å²) in [4.78, 5) is 12.5. The van der Waals surface area contributed by atoms with Crippen molar-refractivity contribution in [3.63, 3.8) is 0 Å². The van der Waals surface area contributed by atoms with Crippen LogP contribution in [0.3, 0.4) is 0 Å². The molecule has 1 aliphatic heterocycles. The second-order valence-electron chi connectivity index (χ2n) is 5.06. The summed E-state index contributed by atoms with van der Waals surface area (Å²) in [5.41, 5.74) is 0.395. The molecule has 0 aliphatic carbocycles. The van der Waals surface area contributed by atoms with Crippen LogP contribution >= 0.6 is 11.6 Å². The van der Waals surface area contributed by atoms with Crippen LogP contribution in [0.2, 0.25) is 5.02 Å². The molecule has 0 N–H and O–H groups in total. The van der Waals surface area contributed by atoms with Gasteiger partial charge < -0.3 is 4.90 Å². The molecule has 1 aliphatic rings. The maximum absolute atomic E-state index is 11.6. The largest absolute Gasteiger partial charge is 0.363 e. The Morgan fingerprint density at radius 1 is 1.38 bits per heavy atom. The minimum Gasteiger partial charge on any atom is -0.363 e. The van der Waals surface area contributed by atoms with Crippen LogP contribution in [0.1, 0.15) is 6.92 Å². The van der Waals surface area contributed by atoms with E-state index in [2.05, 4.69) is 0 Å². The molecule has 0 aromatic heterocycles. The molecule has 0 spiro atoms. The van der Waals surface area contributed by atoms with Gasteiger partial charge in [0.1, 0.15) is 5.69 Å². The highest BCUT2D eigenvalue weighted by Gasteiger charge is 2.32. The zero-order valence-corrected chi connectivity index (χ0v) is 13.3. The Balaban J connectivity index is 2.28. The number of sulfonamides is 1. The van der Waals surface area contributed by atoms with Crippen molar-refractivity contribution in [3.8, 4) is 0 Å². The maximum Gasteiger partial charge on any atom is 0.294 e. The number of anilines is 1. The van der Waals surface area contributed by atoms with Gasteiger partial charge in [-0.2, -0.15) is 4.31 Å². The Hall–Kier alpha value is -1.38. The quantitative estimate of drug-likeness (QED) is 0.621. The first-order chi connectivity index (χ1) is 9.70. The lowest BCUT2D eigenvalue weighted by molar-refractivity contribution is -0.384. The first-order valence-corrected chi connectivity index (χ1v) is 8.58. The van der Waals surface area contributed by atoms with Crippen LogP contribution in [0, 0.1) is 10.1 Å². The van der Waals surface area contributed by atoms with Crippen LogP contribution in [0.15, 0.2) is 18.2 Å². The zero-order valence-electron chi connectivity index (χ0n) is 11.7. The van der Waals surface area contributed by atoms with Gasteiger partial charge in [-0.15, -0.1) is 0 Å². The lowest BCUT2D eigenvalue weighted by atomic mass is 10.2. The number of benzene rings is 1. The number of rotatable bonds is 3. The average Bonchev–Trinajstić information content (AvgIpc) is 2.36. The molecular formula is C12H16ClN3O4S. The minimum absolute atomic E-state index is 0.0671. The highest BCUT2D eigenvalue weighted by atomic mass is 35.5. The second kappa shape index (κ2) is 5.78. The lowest BCUT2D eigenvalue weighted by Gasteiger charge is -2.39. The van der Waals surface area contributed by atoms with Crippen molar-refractivity contribution in [3.05, 3.63) is 33.3 Å². The van der Waals surface area contributed by atoms with E-state index < -0.39 is 14.9 Å². The average molecular weight is 334 g/mol. The molecule has 1 aromatic rings. The predicted octanol–water partition coefficient (Wildman–Crippen LogP) is 1.72. The van der Waals surface area contributed by atoms with Gasteiger partial charge >= 0.3 is 0 Å². The number of nitrogens with zero attached hydrogens (tertiary/aromatic N) is 3. The third-order valence-electron chi connectivity index (χ3n) is 3.47. The van der Waals surface area contributed by atoms with Crippen molar-refractivity contribution >= 4 is 33.0 Å². The molecule has 2 rings (SSSR count). The van der Waals surface area contributed by atoms with Gasteiger partial charge in [0.25, 0.3) is 5.69 Å². The van der Waals surface area contributed by atoms with Crippen molar-refractivity contribution in [1.29, 1.82) is 0 Å². The SMILES string of the molecule is C[C@@H]1CN(c2ccc(Cl)cc2[N+](=O)[O-])CCN1S(C)(=O)=O. The molecule has 1 saturated heterocycles. The summed E-state index contributed by atoms with van der Waals surface area (Å²) in [5.74, 6) is 0. The van der Waals surface area contributed by atoms with Gasteiger partial charge in [-0.05, 0) is 19.1 Å². The molecule has 21 heavy (non-hydrogen) atoms. The molecule has 1 fully saturated rings. The van der Waals surface area contributed by atoms with E-state index in [4.69, 9.17) is 11.6 Å². The summed E-state index contributed by atoms with van der Waals surface area (Å²) in [6.07, 6.45) is 1.17. The third kappa shape index (κ3) is 3.45. The molecule has 0 bridgehead atoms. The fourth-order valence-electron chi connectivity index (χ4n) is 2.56. The van der Waals surface area contributed by atoms with Gasteiger partial charge in [0.05, 0.1) is 11.2 Å². The van der Waals surface area contributed by atoms with Gasteiger partial charge in [0.15, 0.2) is 0 Å². The van der Waals surface area contributed by atoms with Crippen molar-refractivity contribution in [2.45, 2.75) is 13.0 Å². The summed E-state index contributed by atoms with van der Waals surface area (Å²) in [7, 11) is -3.26. The lowest BCUT2D eigenvalue weighted by Crippen LogP contribution is -2.53. The van der Waals surface area contributed by atoms with E-state index in [9.17, 15) is 18.5 Å². The van der Waals surface area contributed by atoms with Crippen LogP contribution in [0.5, 0.6) is 0 Å². The number of hydrogen-bond acceptors (Lipinski definition) is 5. The molecule has 0 saturated carbocycles. The number of nitro groups is 1. The highest BCUT2D eigenvalue weighted by molar-refractivity contribution is 7.88. The van der Waals surface area contributed by atoms with Gasteiger partial charge in [-0.1, -0.05) is 11.6 Å². The van der Waals surface area contributed by atoms with Crippen molar-refractivity contribution in [2.75, 3.05) is 30.8 Å². The van der Waals surface area contributed by atoms with Gasteiger partial charge in [0, 0.05) is 36.8 Å². The van der Waals surface area contributed by atoms with Crippen LogP contribution < -0.4 is 4.90 Å². The number of piperazine rings is 1. The summed E-state index contributed by atoms with van der Waals surface area (Å²) in [6.45, 7) is 2.89. The van der Waals surface area contributed by atoms with Crippen LogP contribution in [-0.4, -0.2) is 49.6 Å². The molecule has 0 radical (unpaired) electrons. The number of nitro benzene ring substituents is 1. The Morgan fingerprint density at radius 3 is 2.57 bits per heavy atom. The summed E-state index contributed by atoms with van der Waals surface area (Å²) >= 11 is 5.80. The fourth-order valence-corrected chi connectivity index (χ4v) is 3.86. The first kappa shape index (κ1) is 16.0. The van der Waals surface area contributed by atoms with Crippen molar-refractivity contribution in [2.24, 2.45) is 0 Å². The van der Waals surface area contributed by atoms with E-state index in [1.807, 2.05) is 4.90 Å². The fraction of sp³-hybridized carbons (Fsp3) is 0.500.